The van der Waals surface area contributed by atoms with Crippen molar-refractivity contribution in [3.05, 3.63) is 38.4 Å². The number of carbonyl (C=O) groups excluding carboxylic acids is 1. The predicted octanol–water partition coefficient (Wildman–Crippen LogP) is -0.102. The number of non-ortho nitro benzene ring substituents is 1. The first-order valence-corrected chi connectivity index (χ1v) is 14.5. The van der Waals surface area contributed by atoms with E-state index in [0.29, 0.717) is 12.3 Å². The summed E-state index contributed by atoms with van der Waals surface area (Å²) in [6.07, 6.45) is -0.865. The van der Waals surface area contributed by atoms with Gasteiger partial charge in [0.15, 0.2) is 11.9 Å². The van der Waals surface area contributed by atoms with Crippen LogP contribution in [0.3, 0.4) is 0 Å². The molecule has 1 N–H and O–H groups in total. The number of ether oxygens (including phenoxy) is 2. The molecule has 0 spiro atoms. The first kappa shape index (κ1) is 31.2. The van der Waals surface area contributed by atoms with Crippen LogP contribution in [0.1, 0.15) is 13.8 Å². The maximum absolute atomic E-state index is 12.9. The van der Waals surface area contributed by atoms with E-state index in [1.54, 1.807) is 13.8 Å². The number of hydrogen-bond acceptors (Lipinski definition) is 14. The van der Waals surface area contributed by atoms with Gasteiger partial charge in [0.05, 0.1) is 48.2 Å². The summed E-state index contributed by atoms with van der Waals surface area (Å²) in [4.78, 5) is 35.0. The van der Waals surface area contributed by atoms with E-state index in [1.807, 2.05) is 0 Å². The monoisotopic (exact) mass is 584 g/mol. The Kier molecular flexibility index (Phi) is 10.1. The molecule has 2 atom stereocenters. The SMILES string of the molecule is CC1(C)OCC(CNC(=O)C(CN(CCOS(C)(=O)=O)c2ccc([N+](=O)[O-])cc2[N+](=O)[O-])OS(C)(=O)=O)O1. The fraction of sp³-hybridized carbons (Fsp3) is 0.632. The molecule has 0 bridgehead atoms. The Balaban J connectivity index is 2.37. The van der Waals surface area contributed by atoms with E-state index >= 15 is 0 Å². The van der Waals surface area contributed by atoms with E-state index in [1.165, 1.54) is 0 Å². The van der Waals surface area contributed by atoms with E-state index < -0.39 is 85.1 Å². The Labute approximate surface area is 218 Å². The van der Waals surface area contributed by atoms with Crippen molar-refractivity contribution in [2.24, 2.45) is 0 Å². The number of nitrogens with zero attached hydrogens (tertiary/aromatic N) is 3. The minimum absolute atomic E-state index is 0.0826. The average Bonchev–Trinajstić information content (AvgIpc) is 3.12. The summed E-state index contributed by atoms with van der Waals surface area (Å²) >= 11 is 0. The summed E-state index contributed by atoms with van der Waals surface area (Å²) in [6, 6.07) is 2.64. The number of benzene rings is 1. The molecule has 1 aromatic carbocycles. The minimum Gasteiger partial charge on any atom is -0.360 e. The highest BCUT2D eigenvalue weighted by Gasteiger charge is 2.35. The molecule has 17 nitrogen and oxygen atoms in total. The van der Waals surface area contributed by atoms with Gasteiger partial charge in [-0.15, -0.1) is 0 Å². The number of nitro groups is 2. The van der Waals surface area contributed by atoms with E-state index in [0.717, 1.165) is 23.3 Å². The van der Waals surface area contributed by atoms with Crippen LogP contribution in [0.15, 0.2) is 18.2 Å². The summed E-state index contributed by atoms with van der Waals surface area (Å²) in [5.41, 5.74) is -1.63. The quantitative estimate of drug-likeness (QED) is 0.171. The van der Waals surface area contributed by atoms with Crippen LogP contribution in [0.25, 0.3) is 0 Å². The van der Waals surface area contributed by atoms with Gasteiger partial charge in [0, 0.05) is 19.2 Å². The van der Waals surface area contributed by atoms with Gasteiger partial charge in [0.25, 0.3) is 37.5 Å². The van der Waals surface area contributed by atoms with Gasteiger partial charge in [-0.3, -0.25) is 33.4 Å². The highest BCUT2D eigenvalue weighted by Crippen LogP contribution is 2.32. The van der Waals surface area contributed by atoms with Crippen LogP contribution in [0.5, 0.6) is 0 Å². The third kappa shape index (κ3) is 10.1. The van der Waals surface area contributed by atoms with Gasteiger partial charge in [-0.05, 0) is 19.9 Å². The van der Waals surface area contributed by atoms with Crippen molar-refractivity contribution in [3.63, 3.8) is 0 Å². The molecule has 0 radical (unpaired) electrons. The minimum atomic E-state index is -4.23. The molecule has 2 rings (SSSR count). The third-order valence-corrected chi connectivity index (χ3v) is 6.08. The molecule has 214 valence electrons. The van der Waals surface area contributed by atoms with Crippen molar-refractivity contribution in [2.45, 2.75) is 31.8 Å². The first-order chi connectivity index (χ1) is 17.4. The van der Waals surface area contributed by atoms with E-state index in [9.17, 15) is 41.9 Å². The van der Waals surface area contributed by atoms with Crippen LogP contribution in [-0.4, -0.2) is 95.9 Å². The molecular formula is C19H28N4O13S2. The van der Waals surface area contributed by atoms with E-state index in [4.69, 9.17) is 13.7 Å². The molecular weight excluding hydrogens is 556 g/mol. The number of amides is 1. The number of carbonyl (C=O) groups is 1. The van der Waals surface area contributed by atoms with Crippen LogP contribution in [-0.2, 0) is 42.9 Å². The lowest BCUT2D eigenvalue weighted by Crippen LogP contribution is -2.48. The van der Waals surface area contributed by atoms with Crippen molar-refractivity contribution in [1.82, 2.24) is 5.32 Å². The molecule has 1 fully saturated rings. The highest BCUT2D eigenvalue weighted by molar-refractivity contribution is 7.86. The second-order valence-electron chi connectivity index (χ2n) is 8.64. The normalized spacial score (nSPS) is 18.1. The molecule has 0 aromatic heterocycles. The second-order valence-corrected chi connectivity index (χ2v) is 11.9. The van der Waals surface area contributed by atoms with Gasteiger partial charge >= 0.3 is 0 Å². The third-order valence-electron chi connectivity index (χ3n) is 4.91. The zero-order valence-corrected chi connectivity index (χ0v) is 22.5. The lowest BCUT2D eigenvalue weighted by atomic mass is 10.2. The molecule has 1 saturated heterocycles. The van der Waals surface area contributed by atoms with Gasteiger partial charge in [-0.25, -0.2) is 0 Å². The summed E-state index contributed by atoms with van der Waals surface area (Å²) in [7, 11) is -8.16. The maximum atomic E-state index is 12.9. The number of nitro benzene ring substituents is 2. The Hall–Kier alpha value is -2.97. The van der Waals surface area contributed by atoms with Crippen molar-refractivity contribution in [1.29, 1.82) is 0 Å². The summed E-state index contributed by atoms with van der Waals surface area (Å²) < 4.78 is 67.2. The lowest BCUT2D eigenvalue weighted by Gasteiger charge is -2.28. The number of nitrogens with one attached hydrogen (secondary N) is 1. The van der Waals surface area contributed by atoms with Crippen LogP contribution in [0.2, 0.25) is 0 Å². The molecule has 38 heavy (non-hydrogen) atoms. The average molecular weight is 585 g/mol. The Bertz CT molecular complexity index is 1270. The Morgan fingerprint density at radius 2 is 1.84 bits per heavy atom. The van der Waals surface area contributed by atoms with Crippen molar-refractivity contribution >= 4 is 43.2 Å². The van der Waals surface area contributed by atoms with Gasteiger partial charge in [0.2, 0.25) is 0 Å². The summed E-state index contributed by atoms with van der Waals surface area (Å²) in [5.74, 6) is -1.81. The fourth-order valence-corrected chi connectivity index (χ4v) is 4.36. The second kappa shape index (κ2) is 12.3. The van der Waals surface area contributed by atoms with Crippen LogP contribution in [0.4, 0.5) is 17.1 Å². The molecule has 1 aromatic rings. The number of hydrogen-bond donors (Lipinski definition) is 1. The number of rotatable bonds is 14. The van der Waals surface area contributed by atoms with Crippen LogP contribution < -0.4 is 10.2 Å². The zero-order valence-electron chi connectivity index (χ0n) is 20.9. The predicted molar refractivity (Wildman–Crippen MR) is 130 cm³/mol. The standard InChI is InChI=1S/C19H28N4O13S2/c1-19(2)33-12-14(35-19)10-20-18(24)17(36-38(4,31)32)11-21(7-8-34-37(3,29)30)15-6-5-13(22(25)26)9-16(15)23(27)28/h5-6,9,14,17H,7-8,10-12H2,1-4H3,(H,20,24). The molecule has 0 saturated carbocycles. The van der Waals surface area contributed by atoms with Crippen molar-refractivity contribution < 1.29 is 49.3 Å². The van der Waals surface area contributed by atoms with Gasteiger partial charge in [-0.1, -0.05) is 0 Å². The molecule has 1 aliphatic rings. The highest BCUT2D eigenvalue weighted by atomic mass is 32.2. The maximum Gasteiger partial charge on any atom is 0.299 e. The van der Waals surface area contributed by atoms with Crippen molar-refractivity contribution in [3.8, 4) is 0 Å². The van der Waals surface area contributed by atoms with Gasteiger partial charge in [0.1, 0.15) is 11.8 Å². The molecule has 1 aliphatic heterocycles. The zero-order chi connectivity index (χ0) is 28.9. The molecule has 19 heteroatoms. The molecule has 0 aliphatic carbocycles. The number of anilines is 1. The lowest BCUT2D eigenvalue weighted by molar-refractivity contribution is -0.393. The Morgan fingerprint density at radius 1 is 1.18 bits per heavy atom. The largest absolute Gasteiger partial charge is 0.360 e. The van der Waals surface area contributed by atoms with E-state index in [2.05, 4.69) is 9.50 Å². The summed E-state index contributed by atoms with van der Waals surface area (Å²) in [5, 5.41) is 25.3. The molecule has 1 amide bonds. The van der Waals surface area contributed by atoms with Crippen molar-refractivity contribution in [2.75, 3.05) is 50.3 Å². The first-order valence-electron chi connectivity index (χ1n) is 10.9. The van der Waals surface area contributed by atoms with Gasteiger partial charge < -0.3 is 19.7 Å². The van der Waals surface area contributed by atoms with Gasteiger partial charge in [-0.2, -0.15) is 16.8 Å². The fourth-order valence-electron chi connectivity index (χ4n) is 3.41. The van der Waals surface area contributed by atoms with Crippen LogP contribution in [0, 0.1) is 20.2 Å². The molecule has 2 unspecified atom stereocenters. The summed E-state index contributed by atoms with van der Waals surface area (Å²) in [6.45, 7) is 1.79. The smallest absolute Gasteiger partial charge is 0.299 e. The Morgan fingerprint density at radius 3 is 2.34 bits per heavy atom. The topological polar surface area (TPSA) is 224 Å². The van der Waals surface area contributed by atoms with E-state index in [-0.39, 0.29) is 18.8 Å². The molecule has 1 heterocycles. The van der Waals surface area contributed by atoms with Crippen LogP contribution >= 0.6 is 0 Å².